The quantitative estimate of drug-likeness (QED) is 0.785. The van der Waals surface area contributed by atoms with Gasteiger partial charge in [0.2, 0.25) is 0 Å². The number of amides is 1. The van der Waals surface area contributed by atoms with Crippen molar-refractivity contribution in [3.8, 4) is 0 Å². The molecule has 1 aromatic carbocycles. The molecule has 0 saturated carbocycles. The number of rotatable bonds is 7. The summed E-state index contributed by atoms with van der Waals surface area (Å²) in [4.78, 5) is 14.8. The molecule has 0 aromatic heterocycles. The highest BCUT2D eigenvalue weighted by atomic mass is 32.1. The molecule has 1 amide bonds. The lowest BCUT2D eigenvalue weighted by Crippen LogP contribution is -2.35. The highest BCUT2D eigenvalue weighted by molar-refractivity contribution is 7.80. The molecule has 0 spiro atoms. The Balaban J connectivity index is 2.82. The van der Waals surface area contributed by atoms with Gasteiger partial charge in [-0.1, -0.05) is 51.0 Å². The third-order valence-corrected chi connectivity index (χ3v) is 3.95. The minimum absolute atomic E-state index is 0.0777. The van der Waals surface area contributed by atoms with Gasteiger partial charge < -0.3 is 10.6 Å². The summed E-state index contributed by atoms with van der Waals surface area (Å²) in [5.74, 6) is 0.642. The van der Waals surface area contributed by atoms with Gasteiger partial charge in [0.05, 0.1) is 0 Å². The van der Waals surface area contributed by atoms with E-state index >= 15 is 0 Å². The molecular weight excluding hydrogens is 268 g/mol. The molecule has 0 aliphatic heterocycles. The second-order valence-corrected chi connectivity index (χ2v) is 5.41. The third kappa shape index (κ3) is 4.30. The second-order valence-electron chi connectivity index (χ2n) is 4.97. The van der Waals surface area contributed by atoms with Gasteiger partial charge in [0.25, 0.3) is 5.91 Å². The molecule has 1 aromatic rings. The molecule has 0 bridgehead atoms. The van der Waals surface area contributed by atoms with E-state index < -0.39 is 0 Å². The number of thiocarbonyl (C=S) groups is 1. The van der Waals surface area contributed by atoms with E-state index in [4.69, 9.17) is 18.0 Å². The van der Waals surface area contributed by atoms with Gasteiger partial charge in [-0.15, -0.1) is 0 Å². The Labute approximate surface area is 127 Å². The molecule has 0 unspecified atom stereocenters. The van der Waals surface area contributed by atoms with Crippen molar-refractivity contribution in [3.63, 3.8) is 0 Å². The van der Waals surface area contributed by atoms with Crippen LogP contribution in [0.1, 0.15) is 49.5 Å². The third-order valence-electron chi connectivity index (χ3n) is 3.72. The summed E-state index contributed by atoms with van der Waals surface area (Å²) in [7, 11) is 0. The van der Waals surface area contributed by atoms with Gasteiger partial charge >= 0.3 is 0 Å². The van der Waals surface area contributed by atoms with E-state index in [9.17, 15) is 4.79 Å². The fourth-order valence-corrected chi connectivity index (χ4v) is 2.31. The van der Waals surface area contributed by atoms with Crippen LogP contribution in [0.15, 0.2) is 24.3 Å². The fraction of sp³-hybridized carbons (Fsp3) is 0.500. The van der Waals surface area contributed by atoms with Gasteiger partial charge in [0.15, 0.2) is 0 Å². The normalized spacial score (nSPS) is 10.6. The lowest BCUT2D eigenvalue weighted by Gasteiger charge is -2.25. The smallest absolute Gasteiger partial charge is 0.253 e. The number of carbonyl (C=O) groups excluding carboxylic acids is 1. The van der Waals surface area contributed by atoms with Crippen LogP contribution < -0.4 is 5.73 Å². The number of benzene rings is 1. The van der Waals surface area contributed by atoms with Gasteiger partial charge in [-0.25, -0.2) is 0 Å². The Hall–Kier alpha value is -1.42. The predicted molar refractivity (Wildman–Crippen MR) is 88.0 cm³/mol. The average molecular weight is 292 g/mol. The maximum absolute atomic E-state index is 12.5. The van der Waals surface area contributed by atoms with Crippen LogP contribution in [0.4, 0.5) is 0 Å². The van der Waals surface area contributed by atoms with Gasteiger partial charge in [-0.2, -0.15) is 0 Å². The van der Waals surface area contributed by atoms with Crippen molar-refractivity contribution in [1.82, 2.24) is 4.90 Å². The van der Waals surface area contributed by atoms with Gasteiger partial charge in [0.1, 0.15) is 4.99 Å². The maximum atomic E-state index is 12.5. The van der Waals surface area contributed by atoms with E-state index in [1.807, 2.05) is 11.8 Å². The van der Waals surface area contributed by atoms with Crippen molar-refractivity contribution in [2.75, 3.05) is 13.1 Å². The van der Waals surface area contributed by atoms with Crippen LogP contribution >= 0.6 is 12.2 Å². The Morgan fingerprint density at radius 1 is 1.15 bits per heavy atom. The number of nitrogens with two attached hydrogens (primary N) is 1. The molecule has 0 atom stereocenters. The summed E-state index contributed by atoms with van der Waals surface area (Å²) in [6.45, 7) is 7.91. The van der Waals surface area contributed by atoms with Gasteiger partial charge in [0, 0.05) is 24.2 Å². The van der Waals surface area contributed by atoms with Crippen molar-refractivity contribution >= 4 is 23.1 Å². The van der Waals surface area contributed by atoms with Crippen LogP contribution in [0.2, 0.25) is 0 Å². The molecule has 2 N–H and O–H groups in total. The molecule has 0 radical (unpaired) electrons. The zero-order valence-electron chi connectivity index (χ0n) is 12.6. The monoisotopic (exact) mass is 292 g/mol. The molecule has 20 heavy (non-hydrogen) atoms. The van der Waals surface area contributed by atoms with Crippen LogP contribution in [0, 0.1) is 5.92 Å². The van der Waals surface area contributed by atoms with Crippen LogP contribution in [-0.4, -0.2) is 28.9 Å². The number of hydrogen-bond donors (Lipinski definition) is 1. The summed E-state index contributed by atoms with van der Waals surface area (Å²) >= 11 is 4.92. The van der Waals surface area contributed by atoms with Crippen molar-refractivity contribution in [1.29, 1.82) is 0 Å². The average Bonchev–Trinajstić information content (AvgIpc) is 2.48. The van der Waals surface area contributed by atoms with Gasteiger partial charge in [-0.3, -0.25) is 4.79 Å². The first kappa shape index (κ1) is 16.6. The van der Waals surface area contributed by atoms with E-state index in [0.717, 1.165) is 31.5 Å². The second kappa shape index (κ2) is 8.00. The largest absolute Gasteiger partial charge is 0.389 e. The number of hydrogen-bond acceptors (Lipinski definition) is 2. The maximum Gasteiger partial charge on any atom is 0.253 e. The van der Waals surface area contributed by atoms with Gasteiger partial charge in [-0.05, 0) is 25.0 Å². The Kier molecular flexibility index (Phi) is 6.65. The van der Waals surface area contributed by atoms with E-state index in [2.05, 4.69) is 13.8 Å². The molecule has 110 valence electrons. The van der Waals surface area contributed by atoms with E-state index in [1.54, 1.807) is 24.3 Å². The zero-order valence-corrected chi connectivity index (χ0v) is 13.4. The molecule has 0 saturated heterocycles. The highest BCUT2D eigenvalue weighted by Gasteiger charge is 2.17. The lowest BCUT2D eigenvalue weighted by atomic mass is 10.0. The molecule has 0 fully saturated rings. The van der Waals surface area contributed by atoms with Crippen molar-refractivity contribution in [3.05, 3.63) is 35.4 Å². The summed E-state index contributed by atoms with van der Waals surface area (Å²) in [5.41, 5.74) is 7.05. The van der Waals surface area contributed by atoms with Crippen LogP contribution in [0.3, 0.4) is 0 Å². The van der Waals surface area contributed by atoms with Crippen molar-refractivity contribution in [2.24, 2.45) is 11.7 Å². The Bertz CT molecular complexity index is 452. The van der Waals surface area contributed by atoms with Crippen molar-refractivity contribution < 1.29 is 4.79 Å². The standard InChI is InChI=1S/C16H24N2OS/c1-4-12(5-2)11-18(6-3)16(19)14-9-7-13(8-10-14)15(17)20/h7-10,12H,4-6,11H2,1-3H3,(H2,17,20). The SMILES string of the molecule is CCC(CC)CN(CC)C(=O)c1ccc(C(N)=S)cc1. The molecule has 4 heteroatoms. The highest BCUT2D eigenvalue weighted by Crippen LogP contribution is 2.13. The number of carbonyl (C=O) groups is 1. The summed E-state index contributed by atoms with van der Waals surface area (Å²) < 4.78 is 0. The minimum Gasteiger partial charge on any atom is -0.389 e. The summed E-state index contributed by atoms with van der Waals surface area (Å²) in [6.07, 6.45) is 2.20. The fourth-order valence-electron chi connectivity index (χ4n) is 2.17. The van der Waals surface area contributed by atoms with E-state index in [0.29, 0.717) is 16.5 Å². The summed E-state index contributed by atoms with van der Waals surface area (Å²) in [6, 6.07) is 7.21. The van der Waals surface area contributed by atoms with Crippen LogP contribution in [-0.2, 0) is 0 Å². The molecule has 3 nitrogen and oxygen atoms in total. The first-order valence-electron chi connectivity index (χ1n) is 7.22. The lowest BCUT2D eigenvalue weighted by molar-refractivity contribution is 0.0735. The summed E-state index contributed by atoms with van der Waals surface area (Å²) in [5, 5.41) is 0. The molecule has 1 rings (SSSR count). The molecular formula is C16H24N2OS. The Morgan fingerprint density at radius 2 is 1.65 bits per heavy atom. The van der Waals surface area contributed by atoms with Crippen molar-refractivity contribution in [2.45, 2.75) is 33.6 Å². The Morgan fingerprint density at radius 3 is 2.05 bits per heavy atom. The molecule has 0 aliphatic carbocycles. The van der Waals surface area contributed by atoms with Crippen LogP contribution in [0.25, 0.3) is 0 Å². The molecule has 0 heterocycles. The minimum atomic E-state index is 0.0777. The number of nitrogens with zero attached hydrogens (tertiary/aromatic N) is 1. The first-order valence-corrected chi connectivity index (χ1v) is 7.63. The van der Waals surface area contributed by atoms with Crippen LogP contribution in [0.5, 0.6) is 0 Å². The van der Waals surface area contributed by atoms with E-state index in [1.165, 1.54) is 0 Å². The molecule has 0 aliphatic rings. The topological polar surface area (TPSA) is 46.3 Å². The predicted octanol–water partition coefficient (Wildman–Crippen LogP) is 3.22. The zero-order chi connectivity index (χ0) is 15.1. The first-order chi connectivity index (χ1) is 9.53. The van der Waals surface area contributed by atoms with E-state index in [-0.39, 0.29) is 5.91 Å².